The van der Waals surface area contributed by atoms with E-state index >= 15 is 0 Å². The van der Waals surface area contributed by atoms with Gasteiger partial charge in [-0.15, -0.1) is 11.7 Å². The number of rotatable bonds is 7. The molecule has 1 aromatic heterocycles. The molecule has 7 heteroatoms. The molecule has 7 nitrogen and oxygen atoms in total. The number of carbonyl (C=O) groups is 1. The number of aliphatic hydroxyl groups is 1. The first kappa shape index (κ1) is 18.8. The number of ether oxygens (including phenoxy) is 1. The van der Waals surface area contributed by atoms with Crippen LogP contribution in [0.3, 0.4) is 0 Å². The minimum absolute atomic E-state index is 0.00888. The summed E-state index contributed by atoms with van der Waals surface area (Å²) >= 11 is 0. The molecule has 1 spiro atoms. The predicted molar refractivity (Wildman–Crippen MR) is 105 cm³/mol. The molecule has 3 heterocycles. The SMILES string of the molecule is C=CCN1C(=O)[C@]2(O[C@H](CCn3cc(CCO)nn3)C[C@@H]2C)c2ccccc21. The number of fused-ring (bicyclic) bond motifs is 2. The summed E-state index contributed by atoms with van der Waals surface area (Å²) in [4.78, 5) is 15.2. The summed E-state index contributed by atoms with van der Waals surface area (Å²) < 4.78 is 8.26. The van der Waals surface area contributed by atoms with Crippen LogP contribution in [-0.4, -0.2) is 45.3 Å². The van der Waals surface area contributed by atoms with E-state index in [-0.39, 0.29) is 24.5 Å². The molecule has 1 fully saturated rings. The average Bonchev–Trinajstić information content (AvgIpc) is 3.34. The van der Waals surface area contributed by atoms with Crippen LogP contribution in [0.2, 0.25) is 0 Å². The van der Waals surface area contributed by atoms with Gasteiger partial charge in [0.2, 0.25) is 0 Å². The highest BCUT2D eigenvalue weighted by Gasteiger charge is 2.59. The molecule has 1 aromatic carbocycles. The smallest absolute Gasteiger partial charge is 0.264 e. The van der Waals surface area contributed by atoms with Gasteiger partial charge in [0.1, 0.15) is 0 Å². The first-order valence-electron chi connectivity index (χ1n) is 9.80. The topological polar surface area (TPSA) is 80.5 Å². The summed E-state index contributed by atoms with van der Waals surface area (Å²) in [6.45, 7) is 7.10. The zero-order chi connectivity index (χ0) is 19.7. The summed E-state index contributed by atoms with van der Waals surface area (Å²) in [5.41, 5.74) is 1.75. The van der Waals surface area contributed by atoms with Gasteiger partial charge in [-0.3, -0.25) is 9.48 Å². The Balaban J connectivity index is 1.52. The van der Waals surface area contributed by atoms with Gasteiger partial charge in [0.15, 0.2) is 5.60 Å². The number of aryl methyl sites for hydroxylation is 1. The van der Waals surface area contributed by atoms with Gasteiger partial charge in [0.25, 0.3) is 5.91 Å². The summed E-state index contributed by atoms with van der Waals surface area (Å²) in [6, 6.07) is 7.90. The lowest BCUT2D eigenvalue weighted by atomic mass is 9.83. The molecule has 0 unspecified atom stereocenters. The molecule has 0 bridgehead atoms. The number of carbonyl (C=O) groups excluding carboxylic acids is 1. The Morgan fingerprint density at radius 1 is 1.43 bits per heavy atom. The number of amides is 1. The molecule has 0 radical (unpaired) electrons. The number of anilines is 1. The molecule has 1 saturated heterocycles. The standard InChI is InChI=1S/C21H26N4O3/c1-3-10-25-19-7-5-4-6-18(19)21(20(25)27)15(2)13-17(28-21)8-11-24-14-16(9-12-26)22-23-24/h3-7,14-15,17,26H,1,8-13H2,2H3/t15-,17+,21+/m0/s1. The third kappa shape index (κ3) is 2.95. The van der Waals surface area contributed by atoms with Crippen molar-refractivity contribution in [2.75, 3.05) is 18.1 Å². The van der Waals surface area contributed by atoms with Crippen LogP contribution < -0.4 is 4.90 Å². The quantitative estimate of drug-likeness (QED) is 0.742. The van der Waals surface area contributed by atoms with Crippen molar-refractivity contribution in [1.82, 2.24) is 15.0 Å². The second kappa shape index (κ2) is 7.48. The van der Waals surface area contributed by atoms with Gasteiger partial charge in [0.05, 0.1) is 17.5 Å². The van der Waals surface area contributed by atoms with Crippen LogP contribution in [0.4, 0.5) is 5.69 Å². The van der Waals surface area contributed by atoms with Crippen LogP contribution in [0.1, 0.15) is 31.0 Å². The van der Waals surface area contributed by atoms with Crippen molar-refractivity contribution >= 4 is 11.6 Å². The Hall–Kier alpha value is -2.51. The molecule has 2 aliphatic rings. The maximum Gasteiger partial charge on any atom is 0.264 e. The first-order valence-corrected chi connectivity index (χ1v) is 9.80. The number of aromatic nitrogens is 3. The van der Waals surface area contributed by atoms with E-state index in [1.807, 2.05) is 30.5 Å². The Kier molecular flexibility index (Phi) is 5.03. The van der Waals surface area contributed by atoms with Gasteiger partial charge in [0, 0.05) is 43.8 Å². The Morgan fingerprint density at radius 2 is 2.25 bits per heavy atom. The molecular weight excluding hydrogens is 356 g/mol. The highest BCUT2D eigenvalue weighted by atomic mass is 16.5. The average molecular weight is 382 g/mol. The maximum absolute atomic E-state index is 13.4. The second-order valence-electron chi connectivity index (χ2n) is 7.57. The zero-order valence-corrected chi connectivity index (χ0v) is 16.1. The minimum atomic E-state index is -0.908. The van der Waals surface area contributed by atoms with E-state index in [1.165, 1.54) is 0 Å². The highest BCUT2D eigenvalue weighted by Crippen LogP contribution is 2.53. The maximum atomic E-state index is 13.4. The van der Waals surface area contributed by atoms with E-state index in [4.69, 9.17) is 9.84 Å². The molecule has 0 saturated carbocycles. The summed E-state index contributed by atoms with van der Waals surface area (Å²) in [7, 11) is 0. The molecule has 3 atom stereocenters. The fourth-order valence-corrected chi connectivity index (χ4v) is 4.47. The molecule has 1 N–H and O–H groups in total. The van der Waals surface area contributed by atoms with Crippen LogP contribution in [-0.2, 0) is 28.1 Å². The van der Waals surface area contributed by atoms with Crippen molar-refractivity contribution in [2.24, 2.45) is 5.92 Å². The second-order valence-corrected chi connectivity index (χ2v) is 7.57. The monoisotopic (exact) mass is 382 g/mol. The minimum Gasteiger partial charge on any atom is -0.396 e. The largest absolute Gasteiger partial charge is 0.396 e. The van der Waals surface area contributed by atoms with E-state index in [9.17, 15) is 4.79 Å². The lowest BCUT2D eigenvalue weighted by Gasteiger charge is -2.28. The molecular formula is C21H26N4O3. The first-order chi connectivity index (χ1) is 13.6. The predicted octanol–water partition coefficient (Wildman–Crippen LogP) is 2.06. The molecule has 2 aromatic rings. The van der Waals surface area contributed by atoms with Crippen LogP contribution in [0, 0.1) is 5.92 Å². The molecule has 4 rings (SSSR count). The van der Waals surface area contributed by atoms with Crippen molar-refractivity contribution in [1.29, 1.82) is 0 Å². The van der Waals surface area contributed by atoms with Gasteiger partial charge in [-0.2, -0.15) is 0 Å². The normalized spacial score (nSPS) is 26.2. The van der Waals surface area contributed by atoms with E-state index in [1.54, 1.807) is 15.7 Å². The third-order valence-electron chi connectivity index (χ3n) is 5.77. The van der Waals surface area contributed by atoms with Gasteiger partial charge >= 0.3 is 0 Å². The van der Waals surface area contributed by atoms with Gasteiger partial charge < -0.3 is 14.7 Å². The number of nitrogens with zero attached hydrogens (tertiary/aromatic N) is 4. The van der Waals surface area contributed by atoms with E-state index in [2.05, 4.69) is 23.8 Å². The van der Waals surface area contributed by atoms with Crippen LogP contribution in [0.25, 0.3) is 0 Å². The Bertz CT molecular complexity index is 880. The summed E-state index contributed by atoms with van der Waals surface area (Å²) in [6.07, 6.45) is 5.66. The number of para-hydroxylation sites is 1. The fourth-order valence-electron chi connectivity index (χ4n) is 4.47. The fraction of sp³-hybridized carbons (Fsp3) is 0.476. The molecule has 148 valence electrons. The van der Waals surface area contributed by atoms with Crippen molar-refractivity contribution in [3.05, 3.63) is 54.4 Å². The van der Waals surface area contributed by atoms with Crippen molar-refractivity contribution < 1.29 is 14.6 Å². The molecule has 0 aliphatic carbocycles. The van der Waals surface area contributed by atoms with E-state index in [0.29, 0.717) is 19.5 Å². The van der Waals surface area contributed by atoms with Crippen LogP contribution in [0.5, 0.6) is 0 Å². The van der Waals surface area contributed by atoms with Gasteiger partial charge in [-0.1, -0.05) is 36.4 Å². The lowest BCUT2D eigenvalue weighted by molar-refractivity contribution is -0.145. The molecule has 2 aliphatic heterocycles. The zero-order valence-electron chi connectivity index (χ0n) is 16.1. The van der Waals surface area contributed by atoms with Crippen LogP contribution in [0.15, 0.2) is 43.1 Å². The van der Waals surface area contributed by atoms with Crippen molar-refractivity contribution in [2.45, 2.75) is 44.4 Å². The van der Waals surface area contributed by atoms with Crippen molar-refractivity contribution in [3.8, 4) is 0 Å². The Morgan fingerprint density at radius 3 is 3.04 bits per heavy atom. The van der Waals surface area contributed by atoms with Crippen molar-refractivity contribution in [3.63, 3.8) is 0 Å². The lowest BCUT2D eigenvalue weighted by Crippen LogP contribution is -2.44. The summed E-state index contributed by atoms with van der Waals surface area (Å²) in [5, 5.41) is 17.2. The van der Waals surface area contributed by atoms with Gasteiger partial charge in [-0.25, -0.2) is 0 Å². The van der Waals surface area contributed by atoms with Crippen LogP contribution >= 0.6 is 0 Å². The van der Waals surface area contributed by atoms with E-state index < -0.39 is 5.60 Å². The van der Waals surface area contributed by atoms with Gasteiger partial charge in [-0.05, 0) is 18.9 Å². The van der Waals surface area contributed by atoms with E-state index in [0.717, 1.165) is 29.8 Å². The number of hydrogen-bond donors (Lipinski definition) is 1. The summed E-state index contributed by atoms with van der Waals surface area (Å²) in [5.74, 6) is 0.0937. The molecule has 28 heavy (non-hydrogen) atoms. The number of hydrogen-bond acceptors (Lipinski definition) is 5. The highest BCUT2D eigenvalue weighted by molar-refractivity contribution is 6.07. The number of benzene rings is 1. The molecule has 1 amide bonds. The number of aliphatic hydroxyl groups excluding tert-OH is 1. The third-order valence-corrected chi connectivity index (χ3v) is 5.77. The Labute approximate surface area is 164 Å².